The Morgan fingerprint density at radius 2 is 1.95 bits per heavy atom. The molecule has 0 aliphatic rings. The number of anilines is 1. The van der Waals surface area contributed by atoms with E-state index in [4.69, 9.17) is 5.11 Å². The highest BCUT2D eigenvalue weighted by Crippen LogP contribution is 2.23. The summed E-state index contributed by atoms with van der Waals surface area (Å²) in [5.74, 6) is -0.592. The summed E-state index contributed by atoms with van der Waals surface area (Å²) in [6.07, 6.45) is 0.635. The van der Waals surface area contributed by atoms with Gasteiger partial charge in [-0.05, 0) is 30.5 Å². The van der Waals surface area contributed by atoms with E-state index in [9.17, 15) is 9.59 Å². The van der Waals surface area contributed by atoms with E-state index in [1.807, 2.05) is 24.3 Å². The van der Waals surface area contributed by atoms with Crippen molar-refractivity contribution in [3.05, 3.63) is 29.8 Å². The highest BCUT2D eigenvalue weighted by Gasteiger charge is 2.08. The van der Waals surface area contributed by atoms with Crippen LogP contribution < -0.4 is 10.6 Å². The monoisotopic (exact) mass is 278 g/mol. The number of rotatable bonds is 8. The predicted molar refractivity (Wildman–Crippen MR) is 78.9 cm³/mol. The van der Waals surface area contributed by atoms with Gasteiger partial charge in [0, 0.05) is 12.1 Å². The zero-order valence-corrected chi connectivity index (χ0v) is 12.0. The van der Waals surface area contributed by atoms with Crippen molar-refractivity contribution in [2.75, 3.05) is 18.4 Å². The van der Waals surface area contributed by atoms with Crippen LogP contribution in [0.4, 0.5) is 5.69 Å². The van der Waals surface area contributed by atoms with E-state index in [0.717, 1.165) is 11.3 Å². The maximum absolute atomic E-state index is 11.8. The number of hydrogen-bond acceptors (Lipinski definition) is 3. The van der Waals surface area contributed by atoms with E-state index in [1.54, 1.807) is 0 Å². The smallest absolute Gasteiger partial charge is 0.303 e. The Labute approximate surface area is 119 Å². The van der Waals surface area contributed by atoms with Crippen LogP contribution in [0.5, 0.6) is 0 Å². The van der Waals surface area contributed by atoms with Crippen molar-refractivity contribution in [1.29, 1.82) is 0 Å². The minimum atomic E-state index is -0.817. The largest absolute Gasteiger partial charge is 0.481 e. The first-order valence-electron chi connectivity index (χ1n) is 6.82. The Morgan fingerprint density at radius 1 is 1.25 bits per heavy atom. The van der Waals surface area contributed by atoms with Crippen molar-refractivity contribution in [3.63, 3.8) is 0 Å². The molecule has 0 atom stereocenters. The van der Waals surface area contributed by atoms with E-state index < -0.39 is 5.97 Å². The molecule has 1 aromatic carbocycles. The molecule has 1 rings (SSSR count). The summed E-state index contributed by atoms with van der Waals surface area (Å²) in [6.45, 7) is 4.86. The molecule has 0 spiro atoms. The summed E-state index contributed by atoms with van der Waals surface area (Å²) in [4.78, 5) is 22.1. The minimum absolute atomic E-state index is 0.116. The zero-order valence-electron chi connectivity index (χ0n) is 12.0. The van der Waals surface area contributed by atoms with Gasteiger partial charge in [0.2, 0.25) is 5.91 Å². The molecular weight excluding hydrogens is 256 g/mol. The number of carboxylic acid groups (broad SMARTS) is 1. The van der Waals surface area contributed by atoms with Crippen LogP contribution in [0, 0.1) is 0 Å². The third-order valence-corrected chi connectivity index (χ3v) is 2.89. The van der Waals surface area contributed by atoms with Gasteiger partial charge < -0.3 is 15.7 Å². The number of aliphatic carboxylic acids is 1. The van der Waals surface area contributed by atoms with Gasteiger partial charge in [-0.2, -0.15) is 0 Å². The molecule has 3 N–H and O–H groups in total. The summed E-state index contributed by atoms with van der Waals surface area (Å²) in [5, 5.41) is 14.3. The molecule has 0 radical (unpaired) electrons. The molecule has 1 aromatic rings. The van der Waals surface area contributed by atoms with E-state index in [0.29, 0.717) is 18.9 Å². The first-order valence-corrected chi connectivity index (χ1v) is 6.82. The molecule has 1 amide bonds. The normalized spacial score (nSPS) is 10.6. The third kappa shape index (κ3) is 5.84. The number of amides is 1. The van der Waals surface area contributed by atoms with Crippen LogP contribution in [0.2, 0.25) is 0 Å². The number of nitrogens with one attached hydrogen (secondary N) is 2. The van der Waals surface area contributed by atoms with Crippen molar-refractivity contribution < 1.29 is 14.7 Å². The summed E-state index contributed by atoms with van der Waals surface area (Å²) in [5.41, 5.74) is 1.94. The molecule has 20 heavy (non-hydrogen) atoms. The van der Waals surface area contributed by atoms with E-state index in [2.05, 4.69) is 24.5 Å². The van der Waals surface area contributed by atoms with Crippen molar-refractivity contribution in [1.82, 2.24) is 5.32 Å². The minimum Gasteiger partial charge on any atom is -0.481 e. The summed E-state index contributed by atoms with van der Waals surface area (Å²) >= 11 is 0. The number of carbonyl (C=O) groups is 2. The average Bonchev–Trinajstić information content (AvgIpc) is 2.38. The van der Waals surface area contributed by atoms with Crippen LogP contribution in [-0.2, 0) is 9.59 Å². The number of carboxylic acids is 1. The number of carbonyl (C=O) groups excluding carboxylic acids is 1. The Bertz CT molecular complexity index is 458. The lowest BCUT2D eigenvalue weighted by atomic mass is 10.0. The molecule has 0 aliphatic carbocycles. The van der Waals surface area contributed by atoms with Crippen molar-refractivity contribution in [2.45, 2.75) is 32.6 Å². The maximum Gasteiger partial charge on any atom is 0.303 e. The molecule has 0 unspecified atom stereocenters. The molecule has 0 heterocycles. The van der Waals surface area contributed by atoms with Crippen LogP contribution in [0.3, 0.4) is 0 Å². The number of para-hydroxylation sites is 1. The topological polar surface area (TPSA) is 78.4 Å². The van der Waals surface area contributed by atoms with Crippen LogP contribution in [0.1, 0.15) is 38.2 Å². The standard InChI is InChI=1S/C15H22N2O3/c1-11(2)12-6-3-4-7-13(12)17-14(18)10-16-9-5-8-15(19)20/h3-4,6-7,11,16H,5,8-10H2,1-2H3,(H,17,18)(H,19,20). The summed E-state index contributed by atoms with van der Waals surface area (Å²) in [7, 11) is 0. The molecule has 0 bridgehead atoms. The molecule has 0 saturated carbocycles. The molecule has 5 nitrogen and oxygen atoms in total. The van der Waals surface area contributed by atoms with Crippen LogP contribution in [-0.4, -0.2) is 30.1 Å². The Morgan fingerprint density at radius 3 is 2.60 bits per heavy atom. The lowest BCUT2D eigenvalue weighted by Gasteiger charge is -2.13. The second kappa shape index (κ2) is 8.32. The maximum atomic E-state index is 11.8. The van der Waals surface area contributed by atoms with Gasteiger partial charge in [0.05, 0.1) is 6.54 Å². The second-order valence-electron chi connectivity index (χ2n) is 4.96. The fourth-order valence-electron chi connectivity index (χ4n) is 1.88. The summed E-state index contributed by atoms with van der Waals surface area (Å²) < 4.78 is 0. The van der Waals surface area contributed by atoms with Gasteiger partial charge in [0.15, 0.2) is 0 Å². The SMILES string of the molecule is CC(C)c1ccccc1NC(=O)CNCCCC(=O)O. The van der Waals surface area contributed by atoms with Gasteiger partial charge in [-0.25, -0.2) is 0 Å². The molecule has 0 fully saturated rings. The van der Waals surface area contributed by atoms with Crippen LogP contribution in [0.25, 0.3) is 0 Å². The van der Waals surface area contributed by atoms with E-state index in [1.165, 1.54) is 0 Å². The van der Waals surface area contributed by atoms with E-state index >= 15 is 0 Å². The Kier molecular flexibility index (Phi) is 6.73. The Balaban J connectivity index is 2.37. The van der Waals surface area contributed by atoms with Gasteiger partial charge in [-0.15, -0.1) is 0 Å². The molecule has 0 saturated heterocycles. The van der Waals surface area contributed by atoms with Gasteiger partial charge in [0.25, 0.3) is 0 Å². The van der Waals surface area contributed by atoms with E-state index in [-0.39, 0.29) is 18.9 Å². The van der Waals surface area contributed by atoms with Crippen LogP contribution in [0.15, 0.2) is 24.3 Å². The van der Waals surface area contributed by atoms with Gasteiger partial charge in [0.1, 0.15) is 0 Å². The fraction of sp³-hybridized carbons (Fsp3) is 0.467. The first kappa shape index (κ1) is 16.2. The Hall–Kier alpha value is -1.88. The molecular formula is C15H22N2O3. The number of benzene rings is 1. The fourth-order valence-corrected chi connectivity index (χ4v) is 1.88. The molecule has 5 heteroatoms. The molecule has 0 aliphatic heterocycles. The van der Waals surface area contributed by atoms with Crippen molar-refractivity contribution >= 4 is 17.6 Å². The van der Waals surface area contributed by atoms with Gasteiger partial charge in [-0.3, -0.25) is 9.59 Å². The predicted octanol–water partition coefficient (Wildman–Crippen LogP) is 2.20. The van der Waals surface area contributed by atoms with Crippen molar-refractivity contribution in [2.24, 2.45) is 0 Å². The lowest BCUT2D eigenvalue weighted by Crippen LogP contribution is -2.29. The van der Waals surface area contributed by atoms with Crippen molar-refractivity contribution in [3.8, 4) is 0 Å². The van der Waals surface area contributed by atoms with Gasteiger partial charge >= 0.3 is 5.97 Å². The third-order valence-electron chi connectivity index (χ3n) is 2.89. The molecule has 110 valence electrons. The molecule has 0 aromatic heterocycles. The second-order valence-corrected chi connectivity index (χ2v) is 4.96. The van der Waals surface area contributed by atoms with Crippen LogP contribution >= 0.6 is 0 Å². The highest BCUT2D eigenvalue weighted by molar-refractivity contribution is 5.93. The zero-order chi connectivity index (χ0) is 15.0. The van der Waals surface area contributed by atoms with Gasteiger partial charge in [-0.1, -0.05) is 32.0 Å². The lowest BCUT2D eigenvalue weighted by molar-refractivity contribution is -0.137. The highest BCUT2D eigenvalue weighted by atomic mass is 16.4. The quantitative estimate of drug-likeness (QED) is 0.637. The number of hydrogen-bond donors (Lipinski definition) is 3. The average molecular weight is 278 g/mol. The summed E-state index contributed by atoms with van der Waals surface area (Å²) in [6, 6.07) is 7.73. The first-order chi connectivity index (χ1) is 9.50.